The van der Waals surface area contributed by atoms with E-state index in [4.69, 9.17) is 11.5 Å². The average molecular weight is 394 g/mol. The van der Waals surface area contributed by atoms with Gasteiger partial charge in [0.1, 0.15) is 0 Å². The third-order valence-electron chi connectivity index (χ3n) is 5.23. The van der Waals surface area contributed by atoms with Crippen molar-refractivity contribution in [1.82, 2.24) is 4.90 Å². The molecule has 0 atom stereocenters. The second kappa shape index (κ2) is 14.3. The van der Waals surface area contributed by atoms with Crippen molar-refractivity contribution in [1.29, 1.82) is 0 Å². The predicted octanol–water partition coefficient (Wildman–Crippen LogP) is 6.15. The van der Waals surface area contributed by atoms with Crippen LogP contribution in [0, 0.1) is 5.82 Å². The second-order valence-corrected chi connectivity index (χ2v) is 7.80. The van der Waals surface area contributed by atoms with Crippen molar-refractivity contribution < 1.29 is 9.18 Å². The van der Waals surface area contributed by atoms with Crippen molar-refractivity contribution in [2.24, 2.45) is 0 Å². The van der Waals surface area contributed by atoms with Crippen LogP contribution < -0.4 is 11.5 Å². The van der Waals surface area contributed by atoms with Crippen molar-refractivity contribution in [2.75, 3.05) is 24.6 Å². The van der Waals surface area contributed by atoms with E-state index < -0.39 is 5.82 Å². The average Bonchev–Trinajstić information content (AvgIpc) is 2.68. The largest absolute Gasteiger partial charge is 0.396 e. The number of anilines is 2. The number of nitrogen functional groups attached to an aromatic ring is 2. The molecule has 4 N–H and O–H groups in total. The first-order valence-electron chi connectivity index (χ1n) is 11.1. The molecule has 0 saturated heterocycles. The Hall–Kier alpha value is -1.78. The summed E-state index contributed by atoms with van der Waals surface area (Å²) in [5, 5.41) is 0. The molecule has 0 aliphatic carbocycles. The van der Waals surface area contributed by atoms with Gasteiger partial charge in [-0.15, -0.1) is 0 Å². The van der Waals surface area contributed by atoms with Crippen LogP contribution in [0.5, 0.6) is 0 Å². The van der Waals surface area contributed by atoms with E-state index in [2.05, 4.69) is 13.8 Å². The standard InChI is InChI=1S/C23H40FN3O/c1-3-5-7-9-11-13-15-27(16-14-12-10-8-6-4-2)23(28)19-17-20(25)22(24)21(26)18-19/h17-18H,3-16,25-26H2,1-2H3. The minimum absolute atomic E-state index is 0.0672. The molecule has 28 heavy (non-hydrogen) atoms. The minimum Gasteiger partial charge on any atom is -0.396 e. The Labute approximate surface area is 170 Å². The summed E-state index contributed by atoms with van der Waals surface area (Å²) in [6.07, 6.45) is 14.2. The molecule has 0 radical (unpaired) electrons. The van der Waals surface area contributed by atoms with Crippen LogP contribution in [0.25, 0.3) is 0 Å². The van der Waals surface area contributed by atoms with Gasteiger partial charge in [-0.2, -0.15) is 0 Å². The van der Waals surface area contributed by atoms with Crippen molar-refractivity contribution in [2.45, 2.75) is 90.9 Å². The number of nitrogens with two attached hydrogens (primary N) is 2. The van der Waals surface area contributed by atoms with Crippen molar-refractivity contribution in [3.8, 4) is 0 Å². The molecular formula is C23H40FN3O. The minimum atomic E-state index is -0.644. The van der Waals surface area contributed by atoms with E-state index in [0.717, 1.165) is 38.8 Å². The van der Waals surface area contributed by atoms with Gasteiger partial charge in [-0.3, -0.25) is 4.79 Å². The number of amides is 1. The molecule has 1 aromatic carbocycles. The van der Waals surface area contributed by atoms with Gasteiger partial charge >= 0.3 is 0 Å². The maximum absolute atomic E-state index is 13.7. The molecular weight excluding hydrogens is 353 g/mol. The van der Waals surface area contributed by atoms with E-state index in [0.29, 0.717) is 5.56 Å². The summed E-state index contributed by atoms with van der Waals surface area (Å²) in [6.45, 7) is 5.89. The molecule has 0 spiro atoms. The maximum Gasteiger partial charge on any atom is 0.254 e. The van der Waals surface area contributed by atoms with Crippen LogP contribution in [0.4, 0.5) is 15.8 Å². The number of nitrogens with zero attached hydrogens (tertiary/aromatic N) is 1. The first-order chi connectivity index (χ1) is 13.5. The molecule has 0 aliphatic heterocycles. The summed E-state index contributed by atoms with van der Waals surface area (Å²) >= 11 is 0. The van der Waals surface area contributed by atoms with Crippen LogP contribution >= 0.6 is 0 Å². The summed E-state index contributed by atoms with van der Waals surface area (Å²) in [7, 11) is 0. The third kappa shape index (κ3) is 8.94. The highest BCUT2D eigenvalue weighted by Gasteiger charge is 2.18. The van der Waals surface area contributed by atoms with Gasteiger partial charge in [-0.25, -0.2) is 4.39 Å². The summed E-state index contributed by atoms with van der Waals surface area (Å²) in [5.74, 6) is -0.740. The molecule has 1 amide bonds. The number of rotatable bonds is 15. The number of carbonyl (C=O) groups excluding carboxylic acids is 1. The molecule has 0 aliphatic rings. The van der Waals surface area contributed by atoms with Gasteiger partial charge in [-0.05, 0) is 25.0 Å². The maximum atomic E-state index is 13.7. The van der Waals surface area contributed by atoms with E-state index in [1.165, 1.54) is 63.5 Å². The van der Waals surface area contributed by atoms with E-state index >= 15 is 0 Å². The highest BCUT2D eigenvalue weighted by molar-refractivity contribution is 5.96. The smallest absolute Gasteiger partial charge is 0.254 e. The Morgan fingerprint density at radius 1 is 0.786 bits per heavy atom. The number of hydrogen-bond acceptors (Lipinski definition) is 3. The van der Waals surface area contributed by atoms with Crippen molar-refractivity contribution >= 4 is 17.3 Å². The molecule has 4 nitrogen and oxygen atoms in total. The molecule has 5 heteroatoms. The zero-order chi connectivity index (χ0) is 20.8. The van der Waals surface area contributed by atoms with Crippen molar-refractivity contribution in [3.05, 3.63) is 23.5 Å². The van der Waals surface area contributed by atoms with Gasteiger partial charge in [0.05, 0.1) is 11.4 Å². The Kier molecular flexibility index (Phi) is 12.3. The van der Waals surface area contributed by atoms with Gasteiger partial charge < -0.3 is 16.4 Å². The molecule has 0 bridgehead atoms. The van der Waals surface area contributed by atoms with Crippen LogP contribution in [-0.4, -0.2) is 23.9 Å². The zero-order valence-corrected chi connectivity index (χ0v) is 17.9. The van der Waals surface area contributed by atoms with E-state index in [-0.39, 0.29) is 17.3 Å². The fourth-order valence-electron chi connectivity index (χ4n) is 3.46. The molecule has 160 valence electrons. The summed E-state index contributed by atoms with van der Waals surface area (Å²) in [6, 6.07) is 2.81. The fraction of sp³-hybridized carbons (Fsp3) is 0.696. The number of unbranched alkanes of at least 4 members (excludes halogenated alkanes) is 10. The lowest BCUT2D eigenvalue weighted by Crippen LogP contribution is -2.33. The molecule has 0 heterocycles. The monoisotopic (exact) mass is 393 g/mol. The van der Waals surface area contributed by atoms with Crippen molar-refractivity contribution in [3.63, 3.8) is 0 Å². The molecule has 0 unspecified atom stereocenters. The van der Waals surface area contributed by atoms with E-state index in [9.17, 15) is 9.18 Å². The number of halogens is 1. The van der Waals surface area contributed by atoms with Gasteiger partial charge in [0, 0.05) is 18.7 Å². The van der Waals surface area contributed by atoms with Gasteiger partial charge in [-0.1, -0.05) is 78.1 Å². The topological polar surface area (TPSA) is 72.3 Å². The zero-order valence-electron chi connectivity index (χ0n) is 17.9. The molecule has 0 saturated carbocycles. The van der Waals surface area contributed by atoms with Gasteiger partial charge in [0.2, 0.25) is 0 Å². The SMILES string of the molecule is CCCCCCCCN(CCCCCCCC)C(=O)c1cc(N)c(F)c(N)c1. The number of benzene rings is 1. The first kappa shape index (κ1) is 24.3. The quantitative estimate of drug-likeness (QED) is 0.277. The first-order valence-corrected chi connectivity index (χ1v) is 11.1. The summed E-state index contributed by atoms with van der Waals surface area (Å²) < 4.78 is 13.7. The van der Waals surface area contributed by atoms with Crippen LogP contribution in [-0.2, 0) is 0 Å². The van der Waals surface area contributed by atoms with Crippen LogP contribution in [0.15, 0.2) is 12.1 Å². The second-order valence-electron chi connectivity index (χ2n) is 7.80. The van der Waals surface area contributed by atoms with Gasteiger partial charge in [0.25, 0.3) is 5.91 Å². The molecule has 1 aromatic rings. The molecule has 0 aromatic heterocycles. The highest BCUT2D eigenvalue weighted by Crippen LogP contribution is 2.21. The van der Waals surface area contributed by atoms with E-state index in [1.807, 2.05) is 4.90 Å². The van der Waals surface area contributed by atoms with Crippen LogP contribution in [0.2, 0.25) is 0 Å². The summed E-state index contributed by atoms with van der Waals surface area (Å²) in [4.78, 5) is 14.9. The lowest BCUT2D eigenvalue weighted by Gasteiger charge is -2.23. The Bertz CT molecular complexity index is 538. The number of hydrogen-bond donors (Lipinski definition) is 2. The number of carbonyl (C=O) groups is 1. The lowest BCUT2D eigenvalue weighted by atomic mass is 10.1. The van der Waals surface area contributed by atoms with E-state index in [1.54, 1.807) is 0 Å². The fourth-order valence-corrected chi connectivity index (χ4v) is 3.46. The Balaban J connectivity index is 2.63. The molecule has 1 rings (SSSR count). The van der Waals surface area contributed by atoms with Crippen LogP contribution in [0.1, 0.15) is 101 Å². The summed E-state index contributed by atoms with van der Waals surface area (Å²) in [5.41, 5.74) is 11.6. The molecule has 0 fully saturated rings. The third-order valence-corrected chi connectivity index (χ3v) is 5.23. The van der Waals surface area contributed by atoms with Crippen LogP contribution in [0.3, 0.4) is 0 Å². The Morgan fingerprint density at radius 2 is 1.18 bits per heavy atom. The highest BCUT2D eigenvalue weighted by atomic mass is 19.1. The Morgan fingerprint density at radius 3 is 1.61 bits per heavy atom. The van der Waals surface area contributed by atoms with Gasteiger partial charge in [0.15, 0.2) is 5.82 Å². The predicted molar refractivity (Wildman–Crippen MR) is 118 cm³/mol. The lowest BCUT2D eigenvalue weighted by molar-refractivity contribution is 0.0749. The normalized spacial score (nSPS) is 11.0.